The Labute approximate surface area is 147 Å². The highest BCUT2D eigenvalue weighted by atomic mass is 35.5. The second-order valence-corrected chi connectivity index (χ2v) is 7.33. The first kappa shape index (κ1) is 19.2. The second-order valence-electron chi connectivity index (χ2n) is 5.01. The number of halogens is 4. The van der Waals surface area contributed by atoms with Crippen molar-refractivity contribution >= 4 is 39.1 Å². The summed E-state index contributed by atoms with van der Waals surface area (Å²) < 4.78 is 65.5. The molecule has 2 rings (SSSR count). The highest BCUT2D eigenvalue weighted by molar-refractivity contribution is 7.90. The molecular weight excluding hydrogens is 383 g/mol. The van der Waals surface area contributed by atoms with Crippen molar-refractivity contribution < 1.29 is 21.6 Å². The molecule has 7 nitrogen and oxygen atoms in total. The van der Waals surface area contributed by atoms with E-state index in [9.17, 15) is 21.6 Å². The molecule has 0 aliphatic heterocycles. The fraction of sp³-hybridized carbons (Fsp3) is 0.231. The second kappa shape index (κ2) is 7.02. The Morgan fingerprint density at radius 1 is 1.08 bits per heavy atom. The summed E-state index contributed by atoms with van der Waals surface area (Å²) in [6.07, 6.45) is -4.61. The van der Waals surface area contributed by atoms with E-state index in [1.165, 1.54) is 32.3 Å². The van der Waals surface area contributed by atoms with Crippen molar-refractivity contribution in [2.75, 3.05) is 24.1 Å². The van der Waals surface area contributed by atoms with Crippen LogP contribution >= 0.6 is 11.6 Å². The zero-order valence-corrected chi connectivity index (χ0v) is 14.5. The lowest BCUT2D eigenvalue weighted by Gasteiger charge is -2.15. The molecule has 0 aliphatic carbocycles. The van der Waals surface area contributed by atoms with Gasteiger partial charge in [0.25, 0.3) is 0 Å². The molecule has 25 heavy (non-hydrogen) atoms. The van der Waals surface area contributed by atoms with Crippen LogP contribution in [-0.2, 0) is 16.4 Å². The smallest absolute Gasteiger partial charge is 0.338 e. The SMILES string of the molecule is CN(C)S(=O)(=O)Nc1ccc(Nc2ccc(Cl)cc2C(F)(F)F)nn1. The van der Waals surface area contributed by atoms with E-state index in [0.29, 0.717) is 0 Å². The van der Waals surface area contributed by atoms with Gasteiger partial charge < -0.3 is 5.32 Å². The molecule has 2 N–H and O–H groups in total. The Morgan fingerprint density at radius 3 is 2.20 bits per heavy atom. The molecule has 0 saturated heterocycles. The number of nitrogens with one attached hydrogen (secondary N) is 2. The first-order chi connectivity index (χ1) is 11.5. The number of rotatable bonds is 5. The van der Waals surface area contributed by atoms with Gasteiger partial charge in [0.1, 0.15) is 0 Å². The number of hydrogen-bond acceptors (Lipinski definition) is 5. The van der Waals surface area contributed by atoms with Crippen LogP contribution in [0.25, 0.3) is 0 Å². The maximum atomic E-state index is 13.0. The molecule has 0 fully saturated rings. The number of anilines is 3. The Balaban J connectivity index is 2.23. The molecule has 2 aromatic rings. The zero-order valence-electron chi connectivity index (χ0n) is 13.0. The minimum absolute atomic E-state index is 0.000577. The minimum Gasteiger partial charge on any atom is -0.338 e. The van der Waals surface area contributed by atoms with Crippen LogP contribution in [0.5, 0.6) is 0 Å². The van der Waals surface area contributed by atoms with Crippen molar-refractivity contribution in [3.05, 3.63) is 40.9 Å². The van der Waals surface area contributed by atoms with Crippen molar-refractivity contribution in [3.63, 3.8) is 0 Å². The van der Waals surface area contributed by atoms with Gasteiger partial charge in [-0.3, -0.25) is 4.72 Å². The van der Waals surface area contributed by atoms with Gasteiger partial charge in [-0.25, -0.2) is 0 Å². The maximum Gasteiger partial charge on any atom is 0.418 e. The lowest BCUT2D eigenvalue weighted by atomic mass is 10.1. The van der Waals surface area contributed by atoms with Crippen LogP contribution in [0.1, 0.15) is 5.56 Å². The largest absolute Gasteiger partial charge is 0.418 e. The van der Waals surface area contributed by atoms with Gasteiger partial charge in [0.15, 0.2) is 11.6 Å². The Hall–Kier alpha value is -2.11. The molecule has 1 aromatic carbocycles. The average molecular weight is 396 g/mol. The van der Waals surface area contributed by atoms with Crippen molar-refractivity contribution in [3.8, 4) is 0 Å². The van der Waals surface area contributed by atoms with Gasteiger partial charge in [-0.2, -0.15) is 25.9 Å². The molecule has 0 spiro atoms. The standard InChI is InChI=1S/C13H13ClF3N5O2S/c1-22(2)25(23,24)21-12-6-5-11(19-20-12)18-10-4-3-8(14)7-9(10)13(15,16)17/h3-7H,1-2H3,(H,18,19)(H,20,21). The average Bonchev–Trinajstić information content (AvgIpc) is 2.49. The molecule has 0 unspecified atom stereocenters. The molecule has 0 saturated carbocycles. The molecule has 0 amide bonds. The summed E-state index contributed by atoms with van der Waals surface area (Å²) >= 11 is 5.61. The summed E-state index contributed by atoms with van der Waals surface area (Å²) in [5.74, 6) is -0.0768. The number of aromatic nitrogens is 2. The number of nitrogens with zero attached hydrogens (tertiary/aromatic N) is 3. The van der Waals surface area contributed by atoms with Crippen LogP contribution < -0.4 is 10.0 Å². The quantitative estimate of drug-likeness (QED) is 0.812. The molecule has 136 valence electrons. The lowest BCUT2D eigenvalue weighted by Crippen LogP contribution is -2.29. The van der Waals surface area contributed by atoms with E-state index in [4.69, 9.17) is 11.6 Å². The fourth-order valence-electron chi connectivity index (χ4n) is 1.67. The summed E-state index contributed by atoms with van der Waals surface area (Å²) in [5.41, 5.74) is -1.22. The van der Waals surface area contributed by atoms with Crippen LogP contribution in [0.4, 0.5) is 30.5 Å². The van der Waals surface area contributed by atoms with Crippen LogP contribution in [0.3, 0.4) is 0 Å². The Morgan fingerprint density at radius 2 is 1.68 bits per heavy atom. The van der Waals surface area contributed by atoms with Crippen molar-refractivity contribution in [1.82, 2.24) is 14.5 Å². The van der Waals surface area contributed by atoms with Gasteiger partial charge in [-0.15, -0.1) is 10.2 Å². The van der Waals surface area contributed by atoms with Crippen LogP contribution in [0.2, 0.25) is 5.02 Å². The van der Waals surface area contributed by atoms with Crippen LogP contribution in [0, 0.1) is 0 Å². The zero-order chi connectivity index (χ0) is 18.8. The molecular formula is C13H13ClF3N5O2S. The van der Waals surface area contributed by atoms with Gasteiger partial charge in [0.05, 0.1) is 11.3 Å². The van der Waals surface area contributed by atoms with E-state index in [-0.39, 0.29) is 22.3 Å². The van der Waals surface area contributed by atoms with Crippen LogP contribution in [-0.4, -0.2) is 37.0 Å². The van der Waals surface area contributed by atoms with Gasteiger partial charge in [0, 0.05) is 19.1 Å². The summed E-state index contributed by atoms with van der Waals surface area (Å²) in [6, 6.07) is 5.80. The molecule has 1 aromatic heterocycles. The fourth-order valence-corrected chi connectivity index (χ4v) is 2.40. The summed E-state index contributed by atoms with van der Waals surface area (Å²) in [5, 5.41) is 9.69. The van der Waals surface area contributed by atoms with E-state index < -0.39 is 21.9 Å². The Bertz CT molecular complexity index is 857. The normalized spacial score (nSPS) is 12.3. The third-order valence-corrected chi connectivity index (χ3v) is 4.59. The van der Waals surface area contributed by atoms with Crippen molar-refractivity contribution in [2.24, 2.45) is 0 Å². The van der Waals surface area contributed by atoms with E-state index in [2.05, 4.69) is 20.2 Å². The molecule has 1 heterocycles. The van der Waals surface area contributed by atoms with Crippen molar-refractivity contribution in [1.29, 1.82) is 0 Å². The number of benzene rings is 1. The van der Waals surface area contributed by atoms with E-state index in [0.717, 1.165) is 16.4 Å². The highest BCUT2D eigenvalue weighted by Crippen LogP contribution is 2.37. The Kier molecular flexibility index (Phi) is 5.40. The van der Waals surface area contributed by atoms with Crippen LogP contribution in [0.15, 0.2) is 30.3 Å². The third kappa shape index (κ3) is 4.94. The lowest BCUT2D eigenvalue weighted by molar-refractivity contribution is -0.136. The summed E-state index contributed by atoms with van der Waals surface area (Å²) in [6.45, 7) is 0. The summed E-state index contributed by atoms with van der Waals surface area (Å²) in [4.78, 5) is 0. The summed E-state index contributed by atoms with van der Waals surface area (Å²) in [7, 11) is -1.11. The number of alkyl halides is 3. The molecule has 12 heteroatoms. The first-order valence-electron chi connectivity index (χ1n) is 6.67. The van der Waals surface area contributed by atoms with E-state index in [1.807, 2.05) is 0 Å². The van der Waals surface area contributed by atoms with Gasteiger partial charge in [-0.1, -0.05) is 11.6 Å². The monoisotopic (exact) mass is 395 g/mol. The predicted molar refractivity (Wildman–Crippen MR) is 88.0 cm³/mol. The third-order valence-electron chi connectivity index (χ3n) is 2.93. The van der Waals surface area contributed by atoms with E-state index in [1.54, 1.807) is 0 Å². The predicted octanol–water partition coefficient (Wildman–Crippen LogP) is 3.11. The van der Waals surface area contributed by atoms with Gasteiger partial charge >= 0.3 is 16.4 Å². The molecule has 0 atom stereocenters. The maximum absolute atomic E-state index is 13.0. The molecule has 0 aliphatic rings. The van der Waals surface area contributed by atoms with Crippen molar-refractivity contribution in [2.45, 2.75) is 6.18 Å². The topological polar surface area (TPSA) is 87.2 Å². The minimum atomic E-state index is -4.61. The molecule has 0 bridgehead atoms. The highest BCUT2D eigenvalue weighted by Gasteiger charge is 2.34. The van der Waals surface area contributed by atoms with Gasteiger partial charge in [0.2, 0.25) is 0 Å². The first-order valence-corrected chi connectivity index (χ1v) is 8.48. The van der Waals surface area contributed by atoms with Gasteiger partial charge in [-0.05, 0) is 30.3 Å². The van der Waals surface area contributed by atoms with E-state index >= 15 is 0 Å². The molecule has 0 radical (unpaired) electrons. The number of hydrogen-bond donors (Lipinski definition) is 2.